The normalized spacial score (nSPS) is 17.0. The number of hydrogen-bond donors (Lipinski definition) is 1. The third-order valence-electron chi connectivity index (χ3n) is 1.79. The van der Waals surface area contributed by atoms with Gasteiger partial charge < -0.3 is 10.5 Å². The highest BCUT2D eigenvalue weighted by Gasteiger charge is 2.15. The van der Waals surface area contributed by atoms with Crippen molar-refractivity contribution in [2.24, 2.45) is 5.73 Å². The van der Waals surface area contributed by atoms with Crippen LogP contribution in [0.4, 0.5) is 0 Å². The molecule has 0 radical (unpaired) electrons. The number of allylic oxidation sites excluding steroid dienone is 1. The van der Waals surface area contributed by atoms with E-state index < -0.39 is 6.04 Å². The molecule has 0 amide bonds. The lowest BCUT2D eigenvalue weighted by molar-refractivity contribution is -0.144. The first-order valence-electron chi connectivity index (χ1n) is 4.34. The number of carbonyl (C=O) groups is 1. The summed E-state index contributed by atoms with van der Waals surface area (Å²) in [5, 5.41) is 0. The summed E-state index contributed by atoms with van der Waals surface area (Å²) in [4.78, 5) is 11.0. The molecule has 0 aliphatic heterocycles. The first kappa shape index (κ1) is 9.26. The third-order valence-corrected chi connectivity index (χ3v) is 1.79. The number of rotatable bonds is 4. The van der Waals surface area contributed by atoms with Gasteiger partial charge in [0.05, 0.1) is 6.61 Å². The van der Waals surface area contributed by atoms with Crippen LogP contribution in [0, 0.1) is 0 Å². The van der Waals surface area contributed by atoms with Gasteiger partial charge in [0.1, 0.15) is 6.04 Å². The Labute approximate surface area is 72.6 Å². The summed E-state index contributed by atoms with van der Waals surface area (Å²) in [6, 6.07) is -0.474. The molecule has 1 aliphatic carbocycles. The SMILES string of the molecule is CCOC(=O)C(N)CC=C1CC1. The summed E-state index contributed by atoms with van der Waals surface area (Å²) >= 11 is 0. The van der Waals surface area contributed by atoms with Gasteiger partial charge >= 0.3 is 5.97 Å². The van der Waals surface area contributed by atoms with Crippen LogP contribution < -0.4 is 5.73 Å². The van der Waals surface area contributed by atoms with Crippen LogP contribution in [0.15, 0.2) is 11.6 Å². The predicted octanol–water partition coefficient (Wildman–Crippen LogP) is 0.987. The van der Waals surface area contributed by atoms with Crippen LogP contribution in [0.2, 0.25) is 0 Å². The zero-order valence-corrected chi connectivity index (χ0v) is 7.38. The second kappa shape index (κ2) is 4.26. The van der Waals surface area contributed by atoms with Gasteiger partial charge in [-0.15, -0.1) is 0 Å². The lowest BCUT2D eigenvalue weighted by Crippen LogP contribution is -2.31. The highest BCUT2D eigenvalue weighted by atomic mass is 16.5. The van der Waals surface area contributed by atoms with Crippen molar-refractivity contribution in [1.29, 1.82) is 0 Å². The van der Waals surface area contributed by atoms with Crippen molar-refractivity contribution in [3.63, 3.8) is 0 Å². The van der Waals surface area contributed by atoms with Crippen LogP contribution in [0.5, 0.6) is 0 Å². The largest absolute Gasteiger partial charge is 0.465 e. The minimum atomic E-state index is -0.474. The number of hydrogen-bond acceptors (Lipinski definition) is 3. The van der Waals surface area contributed by atoms with Crippen LogP contribution in [0.1, 0.15) is 26.2 Å². The maximum absolute atomic E-state index is 11.0. The molecule has 0 saturated heterocycles. The molecule has 12 heavy (non-hydrogen) atoms. The van der Waals surface area contributed by atoms with Gasteiger partial charge in [-0.2, -0.15) is 0 Å². The summed E-state index contributed by atoms with van der Waals surface area (Å²) in [6.07, 6.45) is 5.01. The van der Waals surface area contributed by atoms with E-state index in [0.717, 1.165) is 0 Å². The maximum Gasteiger partial charge on any atom is 0.323 e. The second-order valence-electron chi connectivity index (χ2n) is 2.96. The Morgan fingerprint density at radius 1 is 1.75 bits per heavy atom. The van der Waals surface area contributed by atoms with Crippen molar-refractivity contribution in [2.75, 3.05) is 6.61 Å². The lowest BCUT2D eigenvalue weighted by atomic mass is 10.2. The molecule has 3 heteroatoms. The average Bonchev–Trinajstić information content (AvgIpc) is 2.83. The fourth-order valence-corrected chi connectivity index (χ4v) is 0.915. The molecule has 0 aromatic rings. The zero-order valence-electron chi connectivity index (χ0n) is 7.38. The maximum atomic E-state index is 11.0. The number of esters is 1. The molecule has 1 fully saturated rings. The highest BCUT2D eigenvalue weighted by Crippen LogP contribution is 2.27. The van der Waals surface area contributed by atoms with Gasteiger partial charge in [0.15, 0.2) is 0 Å². The highest BCUT2D eigenvalue weighted by molar-refractivity contribution is 5.75. The smallest absolute Gasteiger partial charge is 0.323 e. The number of nitrogens with two attached hydrogens (primary N) is 1. The Kier molecular flexibility index (Phi) is 3.29. The lowest BCUT2D eigenvalue weighted by Gasteiger charge is -2.06. The van der Waals surface area contributed by atoms with E-state index in [4.69, 9.17) is 10.5 Å². The van der Waals surface area contributed by atoms with Crippen molar-refractivity contribution < 1.29 is 9.53 Å². The van der Waals surface area contributed by atoms with Crippen molar-refractivity contribution in [1.82, 2.24) is 0 Å². The second-order valence-corrected chi connectivity index (χ2v) is 2.96. The van der Waals surface area contributed by atoms with E-state index in [1.807, 2.05) is 6.08 Å². The van der Waals surface area contributed by atoms with E-state index >= 15 is 0 Å². The molecule has 0 spiro atoms. The molecule has 3 nitrogen and oxygen atoms in total. The summed E-state index contributed by atoms with van der Waals surface area (Å²) in [6.45, 7) is 2.19. The quantitative estimate of drug-likeness (QED) is 0.504. The molecule has 1 unspecified atom stereocenters. The van der Waals surface area contributed by atoms with Gasteiger partial charge in [-0.1, -0.05) is 11.6 Å². The predicted molar refractivity (Wildman–Crippen MR) is 46.5 cm³/mol. The molecular weight excluding hydrogens is 154 g/mol. The Morgan fingerprint density at radius 3 is 2.92 bits per heavy atom. The molecule has 0 aromatic heterocycles. The topological polar surface area (TPSA) is 52.3 Å². The van der Waals surface area contributed by atoms with Crippen molar-refractivity contribution in [2.45, 2.75) is 32.2 Å². The third kappa shape index (κ3) is 3.05. The average molecular weight is 169 g/mol. The fraction of sp³-hybridized carbons (Fsp3) is 0.667. The Balaban J connectivity index is 2.21. The monoisotopic (exact) mass is 169 g/mol. The van der Waals surface area contributed by atoms with Crippen molar-refractivity contribution in [3.8, 4) is 0 Å². The summed E-state index contributed by atoms with van der Waals surface area (Å²) in [5.74, 6) is -0.296. The number of ether oxygens (including phenoxy) is 1. The van der Waals surface area contributed by atoms with Gasteiger partial charge in [-0.25, -0.2) is 0 Å². The first-order valence-corrected chi connectivity index (χ1v) is 4.34. The van der Waals surface area contributed by atoms with Gasteiger partial charge in [0.2, 0.25) is 0 Å². The molecule has 1 aliphatic rings. The van der Waals surface area contributed by atoms with E-state index in [0.29, 0.717) is 13.0 Å². The summed E-state index contributed by atoms with van der Waals surface area (Å²) < 4.78 is 4.76. The van der Waals surface area contributed by atoms with Gasteiger partial charge in [0.25, 0.3) is 0 Å². The van der Waals surface area contributed by atoms with E-state index in [9.17, 15) is 4.79 Å². The fourth-order valence-electron chi connectivity index (χ4n) is 0.915. The minimum absolute atomic E-state index is 0.296. The van der Waals surface area contributed by atoms with Gasteiger partial charge in [-0.05, 0) is 26.2 Å². The van der Waals surface area contributed by atoms with Crippen LogP contribution in [0.25, 0.3) is 0 Å². The first-order chi connectivity index (χ1) is 5.74. The zero-order chi connectivity index (χ0) is 8.97. The number of carbonyl (C=O) groups excluding carboxylic acids is 1. The van der Waals surface area contributed by atoms with E-state index in [-0.39, 0.29) is 5.97 Å². The Hall–Kier alpha value is -0.830. The molecule has 1 saturated carbocycles. The summed E-state index contributed by atoms with van der Waals surface area (Å²) in [7, 11) is 0. The van der Waals surface area contributed by atoms with Gasteiger partial charge in [0, 0.05) is 0 Å². The minimum Gasteiger partial charge on any atom is -0.465 e. The molecule has 1 rings (SSSR count). The Morgan fingerprint density at radius 2 is 2.42 bits per heavy atom. The van der Waals surface area contributed by atoms with Crippen molar-refractivity contribution >= 4 is 5.97 Å². The van der Waals surface area contributed by atoms with Crippen LogP contribution >= 0.6 is 0 Å². The van der Waals surface area contributed by atoms with Crippen molar-refractivity contribution in [3.05, 3.63) is 11.6 Å². The van der Waals surface area contributed by atoms with E-state index in [1.54, 1.807) is 6.92 Å². The molecule has 0 heterocycles. The molecular formula is C9H15NO2. The molecule has 1 atom stereocenters. The molecule has 2 N–H and O–H groups in total. The standard InChI is InChI=1S/C9H15NO2/c1-2-12-9(11)8(10)6-5-7-3-4-7/h5,8H,2-4,6,10H2,1H3. The van der Waals surface area contributed by atoms with Crippen LogP contribution in [0.3, 0.4) is 0 Å². The van der Waals surface area contributed by atoms with E-state index in [1.165, 1.54) is 18.4 Å². The molecule has 68 valence electrons. The van der Waals surface area contributed by atoms with Crippen LogP contribution in [-0.4, -0.2) is 18.6 Å². The summed E-state index contributed by atoms with van der Waals surface area (Å²) in [5.41, 5.74) is 6.97. The molecule has 0 bridgehead atoms. The Bertz CT molecular complexity index is 193. The molecule has 0 aromatic carbocycles. The van der Waals surface area contributed by atoms with Gasteiger partial charge in [-0.3, -0.25) is 4.79 Å². The van der Waals surface area contributed by atoms with E-state index in [2.05, 4.69) is 0 Å². The van der Waals surface area contributed by atoms with Crippen LogP contribution in [-0.2, 0) is 9.53 Å².